The SMILES string of the molecule is CC(C)(C)c1cc(OP(=O)(O)O)cc(C(C)(C)C)c1. The van der Waals surface area contributed by atoms with Crippen LogP contribution in [-0.4, -0.2) is 9.79 Å². The van der Waals surface area contributed by atoms with E-state index in [1.54, 1.807) is 12.1 Å². The smallest absolute Gasteiger partial charge is 0.404 e. The highest BCUT2D eigenvalue weighted by Crippen LogP contribution is 2.40. The summed E-state index contributed by atoms with van der Waals surface area (Å²) in [5.41, 5.74) is 1.74. The van der Waals surface area contributed by atoms with E-state index in [0.717, 1.165) is 11.1 Å². The zero-order valence-electron chi connectivity index (χ0n) is 12.4. The molecule has 108 valence electrons. The van der Waals surface area contributed by atoms with Gasteiger partial charge in [-0.3, -0.25) is 9.79 Å². The quantitative estimate of drug-likeness (QED) is 0.812. The maximum absolute atomic E-state index is 11.0. The molecule has 1 aromatic carbocycles. The Hall–Kier alpha value is -0.830. The van der Waals surface area contributed by atoms with Gasteiger partial charge in [0.1, 0.15) is 5.75 Å². The second-order valence-corrected chi connectivity index (χ2v) is 7.99. The van der Waals surface area contributed by atoms with Crippen molar-refractivity contribution in [2.24, 2.45) is 0 Å². The average molecular weight is 286 g/mol. The van der Waals surface area contributed by atoms with Crippen LogP contribution >= 0.6 is 7.82 Å². The molecule has 0 heterocycles. The van der Waals surface area contributed by atoms with Gasteiger partial charge < -0.3 is 4.52 Å². The maximum Gasteiger partial charge on any atom is 0.524 e. The van der Waals surface area contributed by atoms with E-state index in [2.05, 4.69) is 47.6 Å². The Balaban J connectivity index is 3.37. The molecule has 0 unspecified atom stereocenters. The number of benzene rings is 1. The minimum absolute atomic E-state index is 0.117. The fourth-order valence-corrected chi connectivity index (χ4v) is 2.04. The highest BCUT2D eigenvalue weighted by Gasteiger charge is 2.23. The molecule has 0 bridgehead atoms. The molecule has 0 saturated carbocycles. The molecule has 0 aliphatic rings. The van der Waals surface area contributed by atoms with Gasteiger partial charge in [0.25, 0.3) is 0 Å². The van der Waals surface area contributed by atoms with E-state index in [4.69, 9.17) is 14.3 Å². The number of hydrogen-bond donors (Lipinski definition) is 2. The van der Waals surface area contributed by atoms with Crippen molar-refractivity contribution in [3.63, 3.8) is 0 Å². The molecule has 0 saturated heterocycles. The van der Waals surface area contributed by atoms with E-state index in [-0.39, 0.29) is 16.6 Å². The predicted molar refractivity (Wildman–Crippen MR) is 76.5 cm³/mol. The minimum Gasteiger partial charge on any atom is -0.404 e. The maximum atomic E-state index is 11.0. The molecule has 0 atom stereocenters. The zero-order chi connectivity index (χ0) is 15.1. The van der Waals surface area contributed by atoms with Gasteiger partial charge in [0.2, 0.25) is 0 Å². The molecule has 0 aliphatic heterocycles. The van der Waals surface area contributed by atoms with Gasteiger partial charge in [-0.05, 0) is 34.1 Å². The lowest BCUT2D eigenvalue weighted by atomic mass is 9.80. The Morgan fingerprint density at radius 1 is 0.895 bits per heavy atom. The van der Waals surface area contributed by atoms with Gasteiger partial charge in [0.05, 0.1) is 0 Å². The summed E-state index contributed by atoms with van der Waals surface area (Å²) in [6, 6.07) is 5.44. The first-order chi connectivity index (χ1) is 8.29. The van der Waals surface area contributed by atoms with E-state index in [1.165, 1.54) is 0 Å². The highest BCUT2D eigenvalue weighted by molar-refractivity contribution is 7.46. The Labute approximate surface area is 115 Å². The molecule has 0 aliphatic carbocycles. The molecule has 0 spiro atoms. The van der Waals surface area contributed by atoms with Crippen LogP contribution in [0, 0.1) is 0 Å². The molecular formula is C14H23O4P. The van der Waals surface area contributed by atoms with Crippen molar-refractivity contribution in [3.8, 4) is 5.75 Å². The van der Waals surface area contributed by atoms with Crippen LogP contribution in [0.25, 0.3) is 0 Å². The topological polar surface area (TPSA) is 66.8 Å². The van der Waals surface area contributed by atoms with Crippen LogP contribution in [0.5, 0.6) is 5.75 Å². The normalized spacial score (nSPS) is 13.5. The van der Waals surface area contributed by atoms with Gasteiger partial charge in [0.15, 0.2) is 0 Å². The van der Waals surface area contributed by atoms with E-state index in [9.17, 15) is 4.57 Å². The van der Waals surface area contributed by atoms with E-state index < -0.39 is 7.82 Å². The largest absolute Gasteiger partial charge is 0.524 e. The first-order valence-electron chi connectivity index (χ1n) is 6.20. The van der Waals surface area contributed by atoms with Crippen LogP contribution in [0.15, 0.2) is 18.2 Å². The van der Waals surface area contributed by atoms with Crippen molar-refractivity contribution in [3.05, 3.63) is 29.3 Å². The van der Waals surface area contributed by atoms with Crippen LogP contribution in [0.4, 0.5) is 0 Å². The summed E-state index contributed by atoms with van der Waals surface area (Å²) in [5.74, 6) is 0.214. The van der Waals surface area contributed by atoms with Crippen molar-refractivity contribution in [1.82, 2.24) is 0 Å². The number of hydrogen-bond acceptors (Lipinski definition) is 2. The average Bonchev–Trinajstić information content (AvgIpc) is 2.11. The van der Waals surface area contributed by atoms with Gasteiger partial charge in [0, 0.05) is 0 Å². The monoisotopic (exact) mass is 286 g/mol. The molecule has 4 nitrogen and oxygen atoms in total. The van der Waals surface area contributed by atoms with Crippen molar-refractivity contribution in [1.29, 1.82) is 0 Å². The van der Waals surface area contributed by atoms with Gasteiger partial charge in [-0.1, -0.05) is 47.6 Å². The van der Waals surface area contributed by atoms with Crippen LogP contribution in [-0.2, 0) is 15.4 Å². The van der Waals surface area contributed by atoms with Gasteiger partial charge in [-0.2, -0.15) is 0 Å². The summed E-state index contributed by atoms with van der Waals surface area (Å²) in [4.78, 5) is 17.9. The number of phosphoric acid groups is 1. The second-order valence-electron chi connectivity index (χ2n) is 6.83. The predicted octanol–water partition coefficient (Wildman–Crippen LogP) is 3.75. The molecule has 0 radical (unpaired) electrons. The van der Waals surface area contributed by atoms with Crippen molar-refractivity contribution < 1.29 is 18.9 Å². The van der Waals surface area contributed by atoms with Crippen LogP contribution in [0.3, 0.4) is 0 Å². The molecular weight excluding hydrogens is 263 g/mol. The van der Waals surface area contributed by atoms with Crippen LogP contribution < -0.4 is 4.52 Å². The Morgan fingerprint density at radius 3 is 1.53 bits per heavy atom. The summed E-state index contributed by atoms with van der Waals surface area (Å²) in [5, 5.41) is 0. The third-order valence-corrected chi connectivity index (χ3v) is 3.31. The van der Waals surface area contributed by atoms with E-state index >= 15 is 0 Å². The molecule has 5 heteroatoms. The van der Waals surface area contributed by atoms with E-state index in [0.29, 0.717) is 0 Å². The van der Waals surface area contributed by atoms with Crippen molar-refractivity contribution in [2.45, 2.75) is 52.4 Å². The Kier molecular flexibility index (Phi) is 4.21. The third kappa shape index (κ3) is 4.98. The fraction of sp³-hybridized carbons (Fsp3) is 0.571. The van der Waals surface area contributed by atoms with Crippen molar-refractivity contribution in [2.75, 3.05) is 0 Å². The summed E-state index contributed by atoms with van der Waals surface area (Å²) in [6.07, 6.45) is 0. The lowest BCUT2D eigenvalue weighted by Gasteiger charge is -2.26. The number of rotatable bonds is 2. The molecule has 1 rings (SSSR count). The molecule has 2 N–H and O–H groups in total. The summed E-state index contributed by atoms with van der Waals surface area (Å²) >= 11 is 0. The van der Waals surface area contributed by atoms with Gasteiger partial charge >= 0.3 is 7.82 Å². The third-order valence-electron chi connectivity index (χ3n) is 2.86. The lowest BCUT2D eigenvalue weighted by molar-refractivity contribution is 0.282. The van der Waals surface area contributed by atoms with Crippen LogP contribution in [0.1, 0.15) is 52.7 Å². The van der Waals surface area contributed by atoms with Crippen LogP contribution in [0.2, 0.25) is 0 Å². The van der Waals surface area contributed by atoms with Gasteiger partial charge in [-0.15, -0.1) is 0 Å². The van der Waals surface area contributed by atoms with Crippen molar-refractivity contribution >= 4 is 7.82 Å². The van der Waals surface area contributed by atoms with Gasteiger partial charge in [-0.25, -0.2) is 4.57 Å². The first-order valence-corrected chi connectivity index (χ1v) is 7.73. The molecule has 0 amide bonds. The molecule has 0 fully saturated rings. The lowest BCUT2D eigenvalue weighted by Crippen LogP contribution is -2.16. The summed E-state index contributed by atoms with van der Waals surface area (Å²) in [7, 11) is -4.53. The zero-order valence-corrected chi connectivity index (χ0v) is 13.3. The summed E-state index contributed by atoms with van der Waals surface area (Å²) in [6.45, 7) is 12.3. The number of phosphoric ester groups is 1. The standard InChI is InChI=1S/C14H23O4P/c1-13(2,3)10-7-11(14(4,5)6)9-12(8-10)18-19(15,16)17/h7-9H,1-6H3,(H2,15,16,17). The highest BCUT2D eigenvalue weighted by atomic mass is 31.2. The fourth-order valence-electron chi connectivity index (χ4n) is 1.66. The van der Waals surface area contributed by atoms with E-state index in [1.807, 2.05) is 0 Å². The molecule has 19 heavy (non-hydrogen) atoms. The molecule has 0 aromatic heterocycles. The first kappa shape index (κ1) is 16.2. The summed E-state index contributed by atoms with van der Waals surface area (Å²) < 4.78 is 15.7. The Morgan fingerprint density at radius 2 is 1.26 bits per heavy atom. The second kappa shape index (κ2) is 4.93. The molecule has 1 aromatic rings. The Bertz CT molecular complexity index is 471. The minimum atomic E-state index is -4.53.